The number of ether oxygens (including phenoxy) is 1. The van der Waals surface area contributed by atoms with Crippen molar-refractivity contribution in [3.63, 3.8) is 0 Å². The van der Waals surface area contributed by atoms with Crippen molar-refractivity contribution in [1.29, 1.82) is 0 Å². The highest BCUT2D eigenvalue weighted by molar-refractivity contribution is 8.00. The van der Waals surface area contributed by atoms with E-state index in [0.29, 0.717) is 18.7 Å². The van der Waals surface area contributed by atoms with Gasteiger partial charge in [-0.2, -0.15) is 0 Å². The van der Waals surface area contributed by atoms with Gasteiger partial charge in [0.15, 0.2) is 6.61 Å². The molecule has 2 aromatic carbocycles. The minimum Gasteiger partial charge on any atom is -0.454 e. The van der Waals surface area contributed by atoms with Gasteiger partial charge in [-0.1, -0.05) is 24.3 Å². The third-order valence-electron chi connectivity index (χ3n) is 4.11. The summed E-state index contributed by atoms with van der Waals surface area (Å²) in [6.07, 6.45) is 0.538. The largest absolute Gasteiger partial charge is 0.454 e. The van der Waals surface area contributed by atoms with E-state index < -0.39 is 18.5 Å². The van der Waals surface area contributed by atoms with Crippen molar-refractivity contribution in [1.82, 2.24) is 5.32 Å². The summed E-state index contributed by atoms with van der Waals surface area (Å²) in [4.78, 5) is 38.3. The number of amides is 2. The molecule has 6 nitrogen and oxygen atoms in total. The lowest BCUT2D eigenvalue weighted by molar-refractivity contribution is -0.147. The van der Waals surface area contributed by atoms with E-state index in [9.17, 15) is 18.8 Å². The maximum Gasteiger partial charge on any atom is 0.326 e. The molecule has 0 aliphatic carbocycles. The topological polar surface area (TPSA) is 75.7 Å². The molecule has 0 atom stereocenters. The predicted molar refractivity (Wildman–Crippen MR) is 104 cm³/mol. The van der Waals surface area contributed by atoms with E-state index in [-0.39, 0.29) is 24.0 Å². The van der Waals surface area contributed by atoms with Crippen molar-refractivity contribution in [3.05, 3.63) is 59.9 Å². The number of para-hydroxylation sites is 1. The lowest BCUT2D eigenvalue weighted by Gasteiger charge is -2.27. The Morgan fingerprint density at radius 3 is 2.68 bits per heavy atom. The van der Waals surface area contributed by atoms with Gasteiger partial charge in [-0.15, -0.1) is 11.8 Å². The molecule has 1 aliphatic rings. The number of benzene rings is 2. The number of carbonyl (C=O) groups excluding carboxylic acids is 3. The zero-order valence-electron chi connectivity index (χ0n) is 15.0. The molecule has 0 unspecified atom stereocenters. The van der Waals surface area contributed by atoms with E-state index in [4.69, 9.17) is 4.74 Å². The molecule has 2 aromatic rings. The smallest absolute Gasteiger partial charge is 0.326 e. The Morgan fingerprint density at radius 1 is 1.14 bits per heavy atom. The number of hydrogen-bond donors (Lipinski definition) is 1. The number of nitrogens with one attached hydrogen (secondary N) is 1. The Balaban J connectivity index is 1.42. The number of nitrogens with zero attached hydrogens (tertiary/aromatic N) is 1. The van der Waals surface area contributed by atoms with E-state index in [0.717, 1.165) is 10.5 Å². The molecule has 1 aliphatic heterocycles. The third-order valence-corrected chi connectivity index (χ3v) is 5.16. The fourth-order valence-electron chi connectivity index (χ4n) is 2.70. The van der Waals surface area contributed by atoms with Crippen LogP contribution in [0.4, 0.5) is 10.1 Å². The zero-order valence-corrected chi connectivity index (χ0v) is 15.8. The van der Waals surface area contributed by atoms with Gasteiger partial charge >= 0.3 is 5.97 Å². The zero-order chi connectivity index (χ0) is 19.9. The normalized spacial score (nSPS) is 13.0. The van der Waals surface area contributed by atoms with Crippen molar-refractivity contribution < 1.29 is 23.5 Å². The molecular formula is C20H19FN2O4S. The van der Waals surface area contributed by atoms with Gasteiger partial charge in [0.05, 0.1) is 11.4 Å². The summed E-state index contributed by atoms with van der Waals surface area (Å²) >= 11 is 1.43. The molecule has 0 fully saturated rings. The van der Waals surface area contributed by atoms with Crippen LogP contribution in [0.5, 0.6) is 0 Å². The van der Waals surface area contributed by atoms with Crippen molar-refractivity contribution in [3.8, 4) is 0 Å². The standard InChI is InChI=1S/C20H19FN2O4S/c21-15-7-5-14(6-8-15)9-10-22-18(24)12-27-20(26)11-23-16-3-1-2-4-17(16)28-13-19(23)25/h1-8H,9-13H2,(H,22,24). The van der Waals surface area contributed by atoms with Crippen LogP contribution >= 0.6 is 11.8 Å². The van der Waals surface area contributed by atoms with Crippen LogP contribution in [0.25, 0.3) is 0 Å². The van der Waals surface area contributed by atoms with Gasteiger partial charge in [0, 0.05) is 11.4 Å². The minimum absolute atomic E-state index is 0.176. The van der Waals surface area contributed by atoms with Crippen LogP contribution in [0.2, 0.25) is 0 Å². The second-order valence-corrected chi connectivity index (χ2v) is 7.14. The van der Waals surface area contributed by atoms with Gasteiger partial charge < -0.3 is 10.1 Å². The van der Waals surface area contributed by atoms with Crippen molar-refractivity contribution in [2.24, 2.45) is 0 Å². The first-order valence-corrected chi connectivity index (χ1v) is 9.70. The maximum atomic E-state index is 12.8. The highest BCUT2D eigenvalue weighted by atomic mass is 32.2. The molecule has 28 heavy (non-hydrogen) atoms. The summed E-state index contributed by atoms with van der Waals surface area (Å²) in [5, 5.41) is 2.64. The molecule has 3 rings (SSSR count). The van der Waals surface area contributed by atoms with Crippen LogP contribution in [-0.4, -0.2) is 43.2 Å². The molecular weight excluding hydrogens is 383 g/mol. The Bertz CT molecular complexity index is 873. The van der Waals surface area contributed by atoms with E-state index in [2.05, 4.69) is 5.32 Å². The molecule has 0 spiro atoms. The number of rotatable bonds is 7. The van der Waals surface area contributed by atoms with E-state index >= 15 is 0 Å². The van der Waals surface area contributed by atoms with Crippen LogP contribution in [0.15, 0.2) is 53.4 Å². The Kier molecular flexibility index (Phi) is 6.65. The fraction of sp³-hybridized carbons (Fsp3) is 0.250. The molecule has 1 heterocycles. The summed E-state index contributed by atoms with van der Waals surface area (Å²) < 4.78 is 17.8. The predicted octanol–water partition coefficient (Wildman–Crippen LogP) is 2.17. The molecule has 0 radical (unpaired) electrons. The van der Waals surface area contributed by atoms with Gasteiger partial charge in [-0.25, -0.2) is 4.39 Å². The summed E-state index contributed by atoms with van der Waals surface area (Å²) in [5.41, 5.74) is 1.56. The number of carbonyl (C=O) groups is 3. The van der Waals surface area contributed by atoms with Crippen molar-refractivity contribution >= 4 is 35.2 Å². The first kappa shape index (κ1) is 19.9. The van der Waals surface area contributed by atoms with Crippen LogP contribution in [0.1, 0.15) is 5.56 Å². The van der Waals surface area contributed by atoms with Crippen molar-refractivity contribution in [2.75, 3.05) is 30.3 Å². The Morgan fingerprint density at radius 2 is 1.89 bits per heavy atom. The molecule has 0 aromatic heterocycles. The molecule has 8 heteroatoms. The molecule has 0 bridgehead atoms. The van der Waals surface area contributed by atoms with Gasteiger partial charge in [0.25, 0.3) is 5.91 Å². The monoisotopic (exact) mass is 402 g/mol. The first-order valence-electron chi connectivity index (χ1n) is 8.72. The maximum absolute atomic E-state index is 12.8. The first-order chi connectivity index (χ1) is 13.5. The summed E-state index contributed by atoms with van der Waals surface area (Å²) in [5.74, 6) is -1.31. The Hall–Kier alpha value is -2.87. The second kappa shape index (κ2) is 9.36. The SMILES string of the molecule is O=C(COC(=O)CN1C(=O)CSc2ccccc21)NCCc1ccc(F)cc1. The number of esters is 1. The molecule has 1 N–H and O–H groups in total. The number of hydrogen-bond acceptors (Lipinski definition) is 5. The number of halogens is 1. The average molecular weight is 402 g/mol. The Labute approximate surface area is 166 Å². The molecule has 146 valence electrons. The number of anilines is 1. The fourth-order valence-corrected chi connectivity index (χ4v) is 3.63. The van der Waals surface area contributed by atoms with Crippen LogP contribution in [0, 0.1) is 5.82 Å². The van der Waals surface area contributed by atoms with Crippen LogP contribution < -0.4 is 10.2 Å². The number of thioether (sulfide) groups is 1. The van der Waals surface area contributed by atoms with Crippen molar-refractivity contribution in [2.45, 2.75) is 11.3 Å². The van der Waals surface area contributed by atoms with E-state index in [1.807, 2.05) is 12.1 Å². The van der Waals surface area contributed by atoms with Gasteiger partial charge in [-0.05, 0) is 36.2 Å². The lowest BCUT2D eigenvalue weighted by Crippen LogP contribution is -2.40. The third kappa shape index (κ3) is 5.32. The van der Waals surface area contributed by atoms with Gasteiger partial charge in [-0.3, -0.25) is 19.3 Å². The van der Waals surface area contributed by atoms with E-state index in [1.165, 1.54) is 28.8 Å². The minimum atomic E-state index is -0.649. The summed E-state index contributed by atoms with van der Waals surface area (Å²) in [6, 6.07) is 13.3. The van der Waals surface area contributed by atoms with Crippen LogP contribution in [0.3, 0.4) is 0 Å². The molecule has 2 amide bonds. The lowest BCUT2D eigenvalue weighted by atomic mass is 10.1. The summed E-state index contributed by atoms with van der Waals surface area (Å²) in [7, 11) is 0. The highest BCUT2D eigenvalue weighted by Gasteiger charge is 2.26. The number of fused-ring (bicyclic) bond motifs is 1. The van der Waals surface area contributed by atoms with Gasteiger partial charge in [0.1, 0.15) is 12.4 Å². The van der Waals surface area contributed by atoms with Crippen LogP contribution in [-0.2, 0) is 25.5 Å². The van der Waals surface area contributed by atoms with E-state index in [1.54, 1.807) is 24.3 Å². The summed E-state index contributed by atoms with van der Waals surface area (Å²) in [6.45, 7) is -0.308. The quantitative estimate of drug-likeness (QED) is 0.719. The van der Waals surface area contributed by atoms with Gasteiger partial charge in [0.2, 0.25) is 5.91 Å². The molecule has 0 saturated heterocycles. The average Bonchev–Trinajstić information content (AvgIpc) is 2.70. The highest BCUT2D eigenvalue weighted by Crippen LogP contribution is 2.34. The second-order valence-electron chi connectivity index (χ2n) is 6.12. The molecule has 0 saturated carbocycles.